The Bertz CT molecular complexity index is 1200. The number of anilines is 2. The van der Waals surface area contributed by atoms with Crippen LogP contribution in [0.5, 0.6) is 17.2 Å². The monoisotopic (exact) mass is 470 g/mol. The van der Waals surface area contributed by atoms with E-state index in [-0.39, 0.29) is 23.7 Å². The van der Waals surface area contributed by atoms with Crippen LogP contribution in [-0.2, 0) is 14.8 Å². The summed E-state index contributed by atoms with van der Waals surface area (Å²) in [5.74, 6) is 0.753. The van der Waals surface area contributed by atoms with Gasteiger partial charge in [-0.1, -0.05) is 30.3 Å². The first-order chi connectivity index (χ1) is 15.9. The summed E-state index contributed by atoms with van der Waals surface area (Å²) in [5.41, 5.74) is 0.767. The summed E-state index contributed by atoms with van der Waals surface area (Å²) >= 11 is 0. The summed E-state index contributed by atoms with van der Waals surface area (Å²) in [4.78, 5) is 12.6. The average Bonchev–Trinajstić information content (AvgIpc) is 2.83. The molecule has 0 atom stereocenters. The predicted octanol–water partition coefficient (Wildman–Crippen LogP) is 3.94. The molecule has 0 saturated carbocycles. The lowest BCUT2D eigenvalue weighted by atomic mass is 10.3. The van der Waals surface area contributed by atoms with Gasteiger partial charge < -0.3 is 19.5 Å². The van der Waals surface area contributed by atoms with Gasteiger partial charge in [-0.3, -0.25) is 9.10 Å². The highest BCUT2D eigenvalue weighted by Gasteiger charge is 2.25. The summed E-state index contributed by atoms with van der Waals surface area (Å²) in [6.45, 7) is 1.70. The highest BCUT2D eigenvalue weighted by molar-refractivity contribution is 7.92. The second-order valence-electron chi connectivity index (χ2n) is 6.86. The fraction of sp³-hybridized carbons (Fsp3) is 0.208. The third-order valence-corrected chi connectivity index (χ3v) is 6.69. The molecule has 1 N–H and O–H groups in total. The van der Waals surface area contributed by atoms with Crippen LogP contribution in [0.4, 0.5) is 11.4 Å². The van der Waals surface area contributed by atoms with E-state index in [1.165, 1.54) is 36.7 Å². The van der Waals surface area contributed by atoms with Gasteiger partial charge in [0.15, 0.2) is 18.1 Å². The minimum Gasteiger partial charge on any atom is -0.495 e. The van der Waals surface area contributed by atoms with Crippen LogP contribution in [0.15, 0.2) is 77.7 Å². The molecule has 0 saturated heterocycles. The molecule has 33 heavy (non-hydrogen) atoms. The van der Waals surface area contributed by atoms with Crippen LogP contribution >= 0.6 is 0 Å². The number of hydrogen-bond donors (Lipinski definition) is 1. The van der Waals surface area contributed by atoms with Gasteiger partial charge in [0.05, 0.1) is 30.5 Å². The van der Waals surface area contributed by atoms with Crippen molar-refractivity contribution in [2.45, 2.75) is 11.8 Å². The van der Waals surface area contributed by atoms with E-state index in [0.717, 1.165) is 0 Å². The van der Waals surface area contributed by atoms with Gasteiger partial charge in [-0.15, -0.1) is 0 Å². The summed E-state index contributed by atoms with van der Waals surface area (Å²) in [7, 11) is -0.928. The Morgan fingerprint density at radius 3 is 2.15 bits per heavy atom. The molecule has 3 aromatic carbocycles. The Labute approximate surface area is 193 Å². The number of nitrogens with zero attached hydrogens (tertiary/aromatic N) is 1. The lowest BCUT2D eigenvalue weighted by Crippen LogP contribution is -2.30. The summed E-state index contributed by atoms with van der Waals surface area (Å²) < 4.78 is 44.0. The Morgan fingerprint density at radius 2 is 1.52 bits per heavy atom. The van der Waals surface area contributed by atoms with Crippen molar-refractivity contribution >= 4 is 27.3 Å². The number of carbonyl (C=O) groups is 1. The first-order valence-corrected chi connectivity index (χ1v) is 11.7. The van der Waals surface area contributed by atoms with Crippen molar-refractivity contribution in [3.8, 4) is 17.2 Å². The fourth-order valence-electron chi connectivity index (χ4n) is 3.23. The Hall–Kier alpha value is -3.72. The number of para-hydroxylation sites is 3. The van der Waals surface area contributed by atoms with Crippen LogP contribution in [0.3, 0.4) is 0 Å². The van der Waals surface area contributed by atoms with Gasteiger partial charge in [0, 0.05) is 6.54 Å². The molecule has 3 aromatic rings. The predicted molar refractivity (Wildman–Crippen MR) is 127 cm³/mol. The molecule has 3 rings (SSSR count). The van der Waals surface area contributed by atoms with Gasteiger partial charge in [0.1, 0.15) is 5.75 Å². The van der Waals surface area contributed by atoms with Crippen molar-refractivity contribution in [1.29, 1.82) is 0 Å². The lowest BCUT2D eigenvalue weighted by Gasteiger charge is -2.23. The van der Waals surface area contributed by atoms with Crippen LogP contribution in [-0.4, -0.2) is 41.7 Å². The van der Waals surface area contributed by atoms with E-state index in [1.54, 1.807) is 55.5 Å². The van der Waals surface area contributed by atoms with Crippen molar-refractivity contribution in [3.05, 3.63) is 72.8 Å². The van der Waals surface area contributed by atoms with E-state index in [0.29, 0.717) is 22.9 Å². The van der Waals surface area contributed by atoms with E-state index in [1.807, 2.05) is 6.07 Å². The molecular weight excluding hydrogens is 444 g/mol. The number of hydrogen-bond acceptors (Lipinski definition) is 6. The molecule has 0 unspecified atom stereocenters. The van der Waals surface area contributed by atoms with E-state index < -0.39 is 15.9 Å². The normalized spacial score (nSPS) is 10.9. The standard InChI is InChI=1S/C24H26N2O6S/c1-4-26(18-10-6-5-7-11-18)33(28,29)19-14-15-21(30-2)20(16-19)25-24(27)17-32-23-13-9-8-12-22(23)31-3/h5-16H,4,17H2,1-3H3,(H,25,27). The van der Waals surface area contributed by atoms with Gasteiger partial charge in [0.25, 0.3) is 15.9 Å². The maximum Gasteiger partial charge on any atom is 0.264 e. The number of methoxy groups -OCH3 is 2. The van der Waals surface area contributed by atoms with Gasteiger partial charge in [-0.2, -0.15) is 0 Å². The third-order valence-electron chi connectivity index (χ3n) is 4.79. The summed E-state index contributed by atoms with van der Waals surface area (Å²) in [6.07, 6.45) is 0. The molecule has 0 aromatic heterocycles. The van der Waals surface area contributed by atoms with E-state index in [2.05, 4.69) is 5.32 Å². The molecule has 8 nitrogen and oxygen atoms in total. The maximum atomic E-state index is 13.3. The molecule has 0 bridgehead atoms. The SMILES string of the molecule is CCN(c1ccccc1)S(=O)(=O)c1ccc(OC)c(NC(=O)COc2ccccc2OC)c1. The Balaban J connectivity index is 1.82. The molecule has 0 heterocycles. The molecule has 0 spiro atoms. The van der Waals surface area contributed by atoms with Crippen molar-refractivity contribution in [2.24, 2.45) is 0 Å². The van der Waals surface area contributed by atoms with Gasteiger partial charge in [0.2, 0.25) is 0 Å². The first kappa shape index (κ1) is 23.9. The summed E-state index contributed by atoms with van der Waals surface area (Å²) in [5, 5.41) is 2.67. The molecular formula is C24H26N2O6S. The fourth-order valence-corrected chi connectivity index (χ4v) is 4.73. The van der Waals surface area contributed by atoms with E-state index in [4.69, 9.17) is 14.2 Å². The number of nitrogens with one attached hydrogen (secondary N) is 1. The minimum absolute atomic E-state index is 0.0231. The first-order valence-electron chi connectivity index (χ1n) is 10.2. The number of benzene rings is 3. The van der Waals surface area contributed by atoms with E-state index >= 15 is 0 Å². The minimum atomic E-state index is -3.87. The zero-order valence-corrected chi connectivity index (χ0v) is 19.5. The van der Waals surface area contributed by atoms with Gasteiger partial charge >= 0.3 is 0 Å². The summed E-state index contributed by atoms with van der Waals surface area (Å²) in [6, 6.07) is 20.1. The van der Waals surface area contributed by atoms with Crippen LogP contribution in [0.1, 0.15) is 6.92 Å². The molecule has 174 valence electrons. The van der Waals surface area contributed by atoms with Crippen molar-refractivity contribution in [1.82, 2.24) is 0 Å². The molecule has 0 aliphatic carbocycles. The molecule has 1 amide bonds. The van der Waals surface area contributed by atoms with Crippen LogP contribution in [0, 0.1) is 0 Å². The second-order valence-corrected chi connectivity index (χ2v) is 8.72. The smallest absolute Gasteiger partial charge is 0.264 e. The second kappa shape index (κ2) is 10.7. The zero-order chi connectivity index (χ0) is 23.8. The lowest BCUT2D eigenvalue weighted by molar-refractivity contribution is -0.118. The molecule has 0 radical (unpaired) electrons. The number of amides is 1. The third kappa shape index (κ3) is 5.56. The quantitative estimate of drug-likeness (QED) is 0.482. The Kier molecular flexibility index (Phi) is 7.78. The van der Waals surface area contributed by atoms with Crippen LogP contribution in [0.2, 0.25) is 0 Å². The average molecular weight is 471 g/mol. The van der Waals surface area contributed by atoms with Crippen molar-refractivity contribution in [2.75, 3.05) is 37.0 Å². The van der Waals surface area contributed by atoms with E-state index in [9.17, 15) is 13.2 Å². The largest absolute Gasteiger partial charge is 0.495 e. The number of rotatable bonds is 10. The molecule has 0 aliphatic rings. The zero-order valence-electron chi connectivity index (χ0n) is 18.6. The molecule has 9 heteroatoms. The van der Waals surface area contributed by atoms with Crippen LogP contribution < -0.4 is 23.8 Å². The van der Waals surface area contributed by atoms with Crippen LogP contribution in [0.25, 0.3) is 0 Å². The number of ether oxygens (including phenoxy) is 3. The van der Waals surface area contributed by atoms with Crippen molar-refractivity contribution < 1.29 is 27.4 Å². The molecule has 0 aliphatic heterocycles. The number of sulfonamides is 1. The molecule has 0 fully saturated rings. The highest BCUT2D eigenvalue weighted by atomic mass is 32.2. The van der Waals surface area contributed by atoms with Gasteiger partial charge in [-0.25, -0.2) is 8.42 Å². The highest BCUT2D eigenvalue weighted by Crippen LogP contribution is 2.31. The maximum absolute atomic E-state index is 13.3. The Morgan fingerprint density at radius 1 is 0.879 bits per heavy atom. The number of carbonyl (C=O) groups excluding carboxylic acids is 1. The van der Waals surface area contributed by atoms with Crippen molar-refractivity contribution in [3.63, 3.8) is 0 Å². The topological polar surface area (TPSA) is 94.2 Å². The van der Waals surface area contributed by atoms with Gasteiger partial charge in [-0.05, 0) is 49.4 Å².